The maximum Gasteiger partial charge on any atom is 0.222 e. The van der Waals surface area contributed by atoms with Crippen LogP contribution in [0.15, 0.2) is 18.3 Å². The van der Waals surface area contributed by atoms with E-state index in [4.69, 9.17) is 4.74 Å². The van der Waals surface area contributed by atoms with Crippen molar-refractivity contribution in [3.63, 3.8) is 0 Å². The molecule has 1 unspecified atom stereocenters. The molecule has 0 spiro atoms. The van der Waals surface area contributed by atoms with Gasteiger partial charge in [0.25, 0.3) is 0 Å². The standard InChI is InChI=1S/C10H15N3O2/c1-7(14)13-10-6-9(4-5-12-10)15-8(2)11-3/h4-6,8,11H,1-3H3,(H,12,13,14). The fraction of sp³-hybridized carbons (Fsp3) is 0.400. The van der Waals surface area contributed by atoms with Crippen LogP contribution < -0.4 is 15.4 Å². The van der Waals surface area contributed by atoms with Gasteiger partial charge in [-0.1, -0.05) is 0 Å². The monoisotopic (exact) mass is 209 g/mol. The average molecular weight is 209 g/mol. The highest BCUT2D eigenvalue weighted by Gasteiger charge is 2.02. The smallest absolute Gasteiger partial charge is 0.222 e. The number of carbonyl (C=O) groups excluding carboxylic acids is 1. The van der Waals surface area contributed by atoms with Gasteiger partial charge in [-0.05, 0) is 20.0 Å². The largest absolute Gasteiger partial charge is 0.475 e. The molecule has 0 aromatic carbocycles. The van der Waals surface area contributed by atoms with Gasteiger partial charge in [-0.15, -0.1) is 0 Å². The van der Waals surface area contributed by atoms with E-state index in [-0.39, 0.29) is 12.1 Å². The second-order valence-corrected chi connectivity index (χ2v) is 3.11. The molecule has 0 saturated heterocycles. The minimum absolute atomic E-state index is 0.0856. The maximum atomic E-state index is 10.8. The van der Waals surface area contributed by atoms with Crippen LogP contribution >= 0.6 is 0 Å². The highest BCUT2D eigenvalue weighted by Crippen LogP contribution is 2.15. The topological polar surface area (TPSA) is 63.2 Å². The van der Waals surface area contributed by atoms with Crippen molar-refractivity contribution in [2.24, 2.45) is 0 Å². The third-order valence-electron chi connectivity index (χ3n) is 1.75. The molecule has 0 fully saturated rings. The second kappa shape index (κ2) is 5.31. The molecule has 1 aromatic heterocycles. The summed E-state index contributed by atoms with van der Waals surface area (Å²) in [5.74, 6) is 1.00. The van der Waals surface area contributed by atoms with Gasteiger partial charge in [-0.2, -0.15) is 0 Å². The fourth-order valence-electron chi connectivity index (χ4n) is 0.996. The molecule has 0 aliphatic heterocycles. The normalized spacial score (nSPS) is 11.9. The third-order valence-corrected chi connectivity index (χ3v) is 1.75. The third kappa shape index (κ3) is 3.95. The van der Waals surface area contributed by atoms with E-state index in [9.17, 15) is 4.79 Å². The van der Waals surface area contributed by atoms with Gasteiger partial charge in [-0.25, -0.2) is 4.98 Å². The van der Waals surface area contributed by atoms with Crippen molar-refractivity contribution in [2.45, 2.75) is 20.1 Å². The van der Waals surface area contributed by atoms with E-state index in [1.54, 1.807) is 25.4 Å². The van der Waals surface area contributed by atoms with Crippen LogP contribution in [0.4, 0.5) is 5.82 Å². The molecule has 1 atom stereocenters. The van der Waals surface area contributed by atoms with Crippen molar-refractivity contribution < 1.29 is 9.53 Å². The summed E-state index contributed by atoms with van der Waals surface area (Å²) in [5, 5.41) is 5.53. The molecule has 1 rings (SSSR count). The number of hydrogen-bond donors (Lipinski definition) is 2. The summed E-state index contributed by atoms with van der Waals surface area (Å²) in [6.45, 7) is 3.32. The van der Waals surface area contributed by atoms with Gasteiger partial charge in [0.15, 0.2) is 0 Å². The SMILES string of the molecule is CNC(C)Oc1ccnc(NC(C)=O)c1. The van der Waals surface area contributed by atoms with E-state index in [2.05, 4.69) is 15.6 Å². The number of aromatic nitrogens is 1. The summed E-state index contributed by atoms with van der Waals surface area (Å²) < 4.78 is 5.48. The number of nitrogens with zero attached hydrogens (tertiary/aromatic N) is 1. The zero-order chi connectivity index (χ0) is 11.3. The number of nitrogens with one attached hydrogen (secondary N) is 2. The van der Waals surface area contributed by atoms with Crippen LogP contribution in [0.1, 0.15) is 13.8 Å². The lowest BCUT2D eigenvalue weighted by molar-refractivity contribution is -0.114. The quantitative estimate of drug-likeness (QED) is 0.726. The van der Waals surface area contributed by atoms with Gasteiger partial charge in [0.1, 0.15) is 17.8 Å². The molecule has 1 aromatic rings. The van der Waals surface area contributed by atoms with Crippen molar-refractivity contribution in [1.82, 2.24) is 10.3 Å². The Labute approximate surface area is 88.9 Å². The minimum Gasteiger partial charge on any atom is -0.475 e. The number of ether oxygens (including phenoxy) is 1. The predicted octanol–water partition coefficient (Wildman–Crippen LogP) is 0.984. The predicted molar refractivity (Wildman–Crippen MR) is 57.7 cm³/mol. The lowest BCUT2D eigenvalue weighted by Gasteiger charge is -2.13. The first-order chi connectivity index (χ1) is 7.11. The Balaban J connectivity index is 2.69. The van der Waals surface area contributed by atoms with Crippen LogP contribution in [0.2, 0.25) is 0 Å². The van der Waals surface area contributed by atoms with E-state index >= 15 is 0 Å². The summed E-state index contributed by atoms with van der Waals surface area (Å²) in [4.78, 5) is 14.8. The van der Waals surface area contributed by atoms with Crippen molar-refractivity contribution in [2.75, 3.05) is 12.4 Å². The molecule has 1 amide bonds. The Morgan fingerprint density at radius 1 is 1.60 bits per heavy atom. The molecule has 0 saturated carbocycles. The van der Waals surface area contributed by atoms with E-state index in [0.29, 0.717) is 11.6 Å². The van der Waals surface area contributed by atoms with Crippen LogP contribution in [0, 0.1) is 0 Å². The molecule has 0 radical (unpaired) electrons. The summed E-state index contributed by atoms with van der Waals surface area (Å²) in [7, 11) is 1.81. The second-order valence-electron chi connectivity index (χ2n) is 3.11. The van der Waals surface area contributed by atoms with Crippen LogP contribution in [0.25, 0.3) is 0 Å². The number of rotatable bonds is 4. The first kappa shape index (κ1) is 11.5. The minimum atomic E-state index is -0.152. The van der Waals surface area contributed by atoms with Crippen molar-refractivity contribution >= 4 is 11.7 Å². The Morgan fingerprint density at radius 3 is 2.93 bits per heavy atom. The van der Waals surface area contributed by atoms with E-state index in [1.165, 1.54) is 6.92 Å². The molecule has 15 heavy (non-hydrogen) atoms. The number of carbonyl (C=O) groups is 1. The number of anilines is 1. The summed E-state index contributed by atoms with van der Waals surface area (Å²) >= 11 is 0. The van der Waals surface area contributed by atoms with Gasteiger partial charge in [0, 0.05) is 19.2 Å². The van der Waals surface area contributed by atoms with Crippen LogP contribution in [-0.4, -0.2) is 24.2 Å². The van der Waals surface area contributed by atoms with E-state index < -0.39 is 0 Å². The zero-order valence-electron chi connectivity index (χ0n) is 9.07. The number of pyridine rings is 1. The molecule has 0 bridgehead atoms. The van der Waals surface area contributed by atoms with Crippen molar-refractivity contribution in [3.8, 4) is 5.75 Å². The molecule has 1 heterocycles. The van der Waals surface area contributed by atoms with Gasteiger partial charge >= 0.3 is 0 Å². The van der Waals surface area contributed by atoms with Gasteiger partial charge in [-0.3, -0.25) is 10.1 Å². The summed E-state index contributed by atoms with van der Waals surface area (Å²) in [6.07, 6.45) is 1.50. The number of amides is 1. The van der Waals surface area contributed by atoms with Gasteiger partial charge in [0.2, 0.25) is 5.91 Å². The summed E-state index contributed by atoms with van der Waals surface area (Å²) in [6, 6.07) is 3.41. The molecule has 5 nitrogen and oxygen atoms in total. The van der Waals surface area contributed by atoms with Crippen LogP contribution in [-0.2, 0) is 4.79 Å². The highest BCUT2D eigenvalue weighted by atomic mass is 16.5. The Hall–Kier alpha value is -1.62. The Bertz CT molecular complexity index is 341. The average Bonchev–Trinajstić information content (AvgIpc) is 2.17. The Morgan fingerprint density at radius 2 is 2.33 bits per heavy atom. The van der Waals surface area contributed by atoms with Crippen LogP contribution in [0.3, 0.4) is 0 Å². The van der Waals surface area contributed by atoms with Gasteiger partial charge in [0.05, 0.1) is 0 Å². The molecular weight excluding hydrogens is 194 g/mol. The van der Waals surface area contributed by atoms with Crippen molar-refractivity contribution in [1.29, 1.82) is 0 Å². The molecular formula is C10H15N3O2. The highest BCUT2D eigenvalue weighted by molar-refractivity contribution is 5.87. The van der Waals surface area contributed by atoms with E-state index in [1.807, 2.05) is 6.92 Å². The first-order valence-corrected chi connectivity index (χ1v) is 4.69. The van der Waals surface area contributed by atoms with Gasteiger partial charge < -0.3 is 10.1 Å². The Kier molecular flexibility index (Phi) is 4.05. The number of hydrogen-bond acceptors (Lipinski definition) is 4. The lowest BCUT2D eigenvalue weighted by atomic mass is 10.4. The molecule has 5 heteroatoms. The molecule has 82 valence electrons. The fourth-order valence-corrected chi connectivity index (χ4v) is 0.996. The molecule has 2 N–H and O–H groups in total. The zero-order valence-corrected chi connectivity index (χ0v) is 9.07. The van der Waals surface area contributed by atoms with Crippen LogP contribution in [0.5, 0.6) is 5.75 Å². The molecule has 0 aliphatic rings. The summed E-state index contributed by atoms with van der Waals surface area (Å²) in [5.41, 5.74) is 0. The molecule has 0 aliphatic carbocycles. The van der Waals surface area contributed by atoms with E-state index in [0.717, 1.165) is 0 Å². The first-order valence-electron chi connectivity index (χ1n) is 4.69. The van der Waals surface area contributed by atoms with Crippen molar-refractivity contribution in [3.05, 3.63) is 18.3 Å². The lowest BCUT2D eigenvalue weighted by Crippen LogP contribution is -2.27. The maximum absolute atomic E-state index is 10.8.